The molecule has 0 amide bonds. The normalized spacial score (nSPS) is 18.3. The Balaban J connectivity index is 1.83. The minimum Gasteiger partial charge on any atom is -0.504 e. The highest BCUT2D eigenvalue weighted by Gasteiger charge is 2.22. The Hall–Kier alpha value is -2.01. The Kier molecular flexibility index (Phi) is 5.16. The van der Waals surface area contributed by atoms with Crippen molar-refractivity contribution in [2.24, 2.45) is 0 Å². The molecule has 2 aliphatic rings. The molecule has 1 aliphatic heterocycles. The first-order valence-electron chi connectivity index (χ1n) is 10.0. The van der Waals surface area contributed by atoms with Gasteiger partial charge in [0.2, 0.25) is 0 Å². The van der Waals surface area contributed by atoms with Gasteiger partial charge in [0.25, 0.3) is 0 Å². The van der Waals surface area contributed by atoms with E-state index in [-0.39, 0.29) is 5.75 Å². The molecule has 3 N–H and O–H groups in total. The number of rotatable bonds is 4. The second-order valence-electron chi connectivity index (χ2n) is 7.41. The minimum absolute atomic E-state index is 0.197. The summed E-state index contributed by atoms with van der Waals surface area (Å²) in [6.45, 7) is 4.58. The first kappa shape index (κ1) is 17.4. The molecule has 1 aliphatic carbocycles. The first-order chi connectivity index (χ1) is 12.8. The zero-order valence-corrected chi connectivity index (χ0v) is 15.6. The zero-order chi connectivity index (χ0) is 17.9. The number of nitrogens with one attached hydrogen (secondary N) is 2. The van der Waals surface area contributed by atoms with Gasteiger partial charge in [-0.2, -0.15) is 0 Å². The van der Waals surface area contributed by atoms with Crippen LogP contribution < -0.4 is 15.4 Å². The molecule has 140 valence electrons. The predicted molar refractivity (Wildman–Crippen MR) is 105 cm³/mol. The number of benzene rings is 1. The molecule has 4 rings (SSSR count). The fourth-order valence-corrected chi connectivity index (χ4v) is 4.22. The number of aromatic hydroxyl groups is 1. The van der Waals surface area contributed by atoms with E-state index in [1.54, 1.807) is 0 Å². The molecule has 0 atom stereocenters. The fourth-order valence-electron chi connectivity index (χ4n) is 4.22. The number of hydrogen-bond acceptors (Lipinski definition) is 5. The van der Waals surface area contributed by atoms with Gasteiger partial charge in [0.1, 0.15) is 0 Å². The summed E-state index contributed by atoms with van der Waals surface area (Å²) in [6.07, 6.45) is 8.04. The molecular formula is C21H29N3O2. The lowest BCUT2D eigenvalue weighted by atomic mass is 9.99. The summed E-state index contributed by atoms with van der Waals surface area (Å²) < 4.78 is 5.58. The number of fused-ring (bicyclic) bond motifs is 2. The van der Waals surface area contributed by atoms with E-state index >= 15 is 0 Å². The molecule has 2 heterocycles. The van der Waals surface area contributed by atoms with E-state index in [0.717, 1.165) is 49.7 Å². The molecule has 5 heteroatoms. The Bertz CT molecular complexity index is 785. The van der Waals surface area contributed by atoms with Gasteiger partial charge >= 0.3 is 0 Å². The number of ether oxygens (including phenoxy) is 1. The van der Waals surface area contributed by atoms with E-state index in [1.807, 2.05) is 19.1 Å². The van der Waals surface area contributed by atoms with Crippen LogP contribution in [0.4, 0.5) is 5.69 Å². The summed E-state index contributed by atoms with van der Waals surface area (Å²) in [6, 6.07) is 4.21. The third-order valence-corrected chi connectivity index (χ3v) is 5.58. The number of anilines is 1. The van der Waals surface area contributed by atoms with Crippen LogP contribution in [0.25, 0.3) is 10.9 Å². The predicted octanol–water partition coefficient (Wildman–Crippen LogP) is 3.77. The summed E-state index contributed by atoms with van der Waals surface area (Å²) >= 11 is 0. The van der Waals surface area contributed by atoms with E-state index in [2.05, 4.69) is 10.6 Å². The van der Waals surface area contributed by atoms with Crippen molar-refractivity contribution < 1.29 is 9.84 Å². The van der Waals surface area contributed by atoms with E-state index in [4.69, 9.17) is 9.72 Å². The van der Waals surface area contributed by atoms with Crippen LogP contribution in [-0.2, 0) is 12.8 Å². The molecule has 1 aromatic heterocycles. The molecular weight excluding hydrogens is 326 g/mol. The van der Waals surface area contributed by atoms with Crippen LogP contribution in [0, 0.1) is 0 Å². The average molecular weight is 355 g/mol. The van der Waals surface area contributed by atoms with Gasteiger partial charge < -0.3 is 20.5 Å². The lowest BCUT2D eigenvalue weighted by Gasteiger charge is -2.27. The van der Waals surface area contributed by atoms with Crippen molar-refractivity contribution in [3.05, 3.63) is 23.4 Å². The lowest BCUT2D eigenvalue weighted by Crippen LogP contribution is -2.35. The highest BCUT2D eigenvalue weighted by Crippen LogP contribution is 2.39. The summed E-state index contributed by atoms with van der Waals surface area (Å²) in [4.78, 5) is 4.97. The van der Waals surface area contributed by atoms with Crippen LogP contribution in [0.1, 0.15) is 50.3 Å². The van der Waals surface area contributed by atoms with Crippen LogP contribution >= 0.6 is 0 Å². The number of pyridine rings is 1. The van der Waals surface area contributed by atoms with E-state index in [9.17, 15) is 5.11 Å². The molecule has 1 aromatic carbocycles. The third kappa shape index (κ3) is 3.45. The summed E-state index contributed by atoms with van der Waals surface area (Å²) in [5.41, 5.74) is 4.69. The molecule has 5 nitrogen and oxygen atoms in total. The maximum absolute atomic E-state index is 10.4. The van der Waals surface area contributed by atoms with Gasteiger partial charge in [-0.1, -0.05) is 6.42 Å². The molecule has 0 unspecified atom stereocenters. The van der Waals surface area contributed by atoms with Gasteiger partial charge in [0.15, 0.2) is 11.5 Å². The van der Waals surface area contributed by atoms with E-state index < -0.39 is 0 Å². The molecule has 1 saturated heterocycles. The third-order valence-electron chi connectivity index (χ3n) is 5.58. The number of phenolic OH excluding ortho intramolecular Hbond substituents is 1. The molecule has 26 heavy (non-hydrogen) atoms. The summed E-state index contributed by atoms with van der Waals surface area (Å²) in [5.74, 6) is 0.719. The van der Waals surface area contributed by atoms with Crippen molar-refractivity contribution in [2.75, 3.05) is 25.0 Å². The second-order valence-corrected chi connectivity index (χ2v) is 7.41. The highest BCUT2D eigenvalue weighted by molar-refractivity contribution is 5.95. The number of piperidine rings is 1. The maximum Gasteiger partial charge on any atom is 0.163 e. The van der Waals surface area contributed by atoms with Crippen molar-refractivity contribution in [1.29, 1.82) is 0 Å². The second kappa shape index (κ2) is 7.70. The van der Waals surface area contributed by atoms with Crippen molar-refractivity contribution in [2.45, 2.75) is 57.9 Å². The lowest BCUT2D eigenvalue weighted by molar-refractivity contribution is 0.319. The van der Waals surface area contributed by atoms with Crippen molar-refractivity contribution in [3.8, 4) is 11.5 Å². The van der Waals surface area contributed by atoms with Gasteiger partial charge in [-0.15, -0.1) is 0 Å². The van der Waals surface area contributed by atoms with Crippen LogP contribution in [0.15, 0.2) is 12.1 Å². The average Bonchev–Trinajstić information content (AvgIpc) is 2.89. The van der Waals surface area contributed by atoms with Crippen LogP contribution in [0.5, 0.6) is 11.5 Å². The van der Waals surface area contributed by atoms with Crippen molar-refractivity contribution in [3.63, 3.8) is 0 Å². The number of aromatic nitrogens is 1. The van der Waals surface area contributed by atoms with Crippen molar-refractivity contribution in [1.82, 2.24) is 10.3 Å². The molecule has 0 spiro atoms. The maximum atomic E-state index is 10.4. The quantitative estimate of drug-likeness (QED) is 0.729. The first-order valence-corrected chi connectivity index (χ1v) is 10.0. The SMILES string of the molecule is CCOc1cc2nc3c(c(NC4CCNCC4)c2cc1O)CCCCC3. The van der Waals surface area contributed by atoms with Gasteiger partial charge in [-0.25, -0.2) is 0 Å². The number of phenols is 1. The standard InChI is InChI=1S/C21H29N3O2/c1-2-26-20-13-18-16(12-19(20)25)21(23-14-8-10-22-11-9-14)15-6-4-3-5-7-17(15)24-18/h12-14,22,25H,2-11H2,1H3,(H,23,24). The van der Waals surface area contributed by atoms with Gasteiger partial charge in [0.05, 0.1) is 12.1 Å². The Morgan fingerprint density at radius 1 is 1.19 bits per heavy atom. The zero-order valence-electron chi connectivity index (χ0n) is 15.6. The molecule has 0 bridgehead atoms. The number of hydrogen-bond donors (Lipinski definition) is 3. The highest BCUT2D eigenvalue weighted by atomic mass is 16.5. The van der Waals surface area contributed by atoms with E-state index in [0.29, 0.717) is 18.4 Å². The van der Waals surface area contributed by atoms with Crippen molar-refractivity contribution >= 4 is 16.6 Å². The molecule has 1 fully saturated rings. The number of nitrogens with zero attached hydrogens (tertiary/aromatic N) is 1. The van der Waals surface area contributed by atoms with Gasteiger partial charge in [-0.3, -0.25) is 4.98 Å². The Morgan fingerprint density at radius 3 is 2.81 bits per heavy atom. The van der Waals surface area contributed by atoms with Crippen LogP contribution in [0.3, 0.4) is 0 Å². The number of aryl methyl sites for hydroxylation is 1. The summed E-state index contributed by atoms with van der Waals surface area (Å²) in [7, 11) is 0. The van der Waals surface area contributed by atoms with E-state index in [1.165, 1.54) is 36.2 Å². The van der Waals surface area contributed by atoms with Crippen LogP contribution in [-0.4, -0.2) is 35.8 Å². The Labute approximate surface area is 155 Å². The largest absolute Gasteiger partial charge is 0.504 e. The van der Waals surface area contributed by atoms with Gasteiger partial charge in [-0.05, 0) is 70.2 Å². The fraction of sp³-hybridized carbons (Fsp3) is 0.571. The monoisotopic (exact) mass is 355 g/mol. The smallest absolute Gasteiger partial charge is 0.163 e. The molecule has 0 radical (unpaired) electrons. The molecule has 0 saturated carbocycles. The Morgan fingerprint density at radius 2 is 2.00 bits per heavy atom. The minimum atomic E-state index is 0.197. The van der Waals surface area contributed by atoms with Gasteiger partial charge in [0, 0.05) is 28.9 Å². The molecule has 2 aromatic rings. The topological polar surface area (TPSA) is 66.4 Å². The summed E-state index contributed by atoms with van der Waals surface area (Å²) in [5, 5.41) is 18.7. The van der Waals surface area contributed by atoms with Crippen LogP contribution in [0.2, 0.25) is 0 Å².